The predicted molar refractivity (Wildman–Crippen MR) is 90.0 cm³/mol. The van der Waals surface area contributed by atoms with E-state index in [1.165, 1.54) is 24.2 Å². The van der Waals surface area contributed by atoms with Crippen molar-refractivity contribution in [3.63, 3.8) is 0 Å². The van der Waals surface area contributed by atoms with Crippen LogP contribution in [-0.2, 0) is 9.53 Å². The predicted octanol–water partition coefficient (Wildman–Crippen LogP) is 4.85. The van der Waals surface area contributed by atoms with E-state index in [9.17, 15) is 9.59 Å². The third kappa shape index (κ3) is 4.57. The largest absolute Gasteiger partial charge is 0.439 e. The number of carbonyl (C=O) groups is 2. The standard InChI is InChI=1S/C19H27NO3/c1-3-4-5-6-7-11-14-17(21)20-15(2)18(23-19(20)22)16-12-9-8-10-13-16/h8-10,12-13,15,18H,3-7,11,14H2,1-2H3/t15-,18-/m1/s1. The van der Waals surface area contributed by atoms with Crippen LogP contribution in [0.2, 0.25) is 0 Å². The summed E-state index contributed by atoms with van der Waals surface area (Å²) in [6.07, 6.45) is 6.29. The number of benzene rings is 1. The molecular formula is C19H27NO3. The molecule has 1 fully saturated rings. The quantitative estimate of drug-likeness (QED) is 0.644. The monoisotopic (exact) mass is 317 g/mol. The lowest BCUT2D eigenvalue weighted by Crippen LogP contribution is -2.37. The van der Waals surface area contributed by atoms with Crippen molar-refractivity contribution < 1.29 is 14.3 Å². The molecule has 0 spiro atoms. The van der Waals surface area contributed by atoms with E-state index in [0.717, 1.165) is 24.8 Å². The first-order valence-electron chi connectivity index (χ1n) is 8.72. The lowest BCUT2D eigenvalue weighted by molar-refractivity contribution is -0.129. The Hall–Kier alpha value is -1.84. The number of nitrogens with zero attached hydrogens (tertiary/aromatic N) is 1. The Kier molecular flexibility index (Phi) is 6.63. The molecule has 0 unspecified atom stereocenters. The summed E-state index contributed by atoms with van der Waals surface area (Å²) in [5, 5.41) is 0. The van der Waals surface area contributed by atoms with Crippen LogP contribution in [0.25, 0.3) is 0 Å². The summed E-state index contributed by atoms with van der Waals surface area (Å²) in [4.78, 5) is 25.7. The summed E-state index contributed by atoms with van der Waals surface area (Å²) < 4.78 is 5.42. The highest BCUT2D eigenvalue weighted by molar-refractivity contribution is 5.93. The fraction of sp³-hybridized carbons (Fsp3) is 0.579. The molecule has 1 aliphatic heterocycles. The molecule has 1 saturated heterocycles. The Balaban J connectivity index is 1.85. The van der Waals surface area contributed by atoms with Crippen LogP contribution in [0.1, 0.15) is 70.5 Å². The van der Waals surface area contributed by atoms with Gasteiger partial charge in [0.2, 0.25) is 5.91 Å². The molecule has 1 heterocycles. The van der Waals surface area contributed by atoms with Gasteiger partial charge in [0.05, 0.1) is 6.04 Å². The van der Waals surface area contributed by atoms with Crippen molar-refractivity contribution in [2.75, 3.05) is 0 Å². The summed E-state index contributed by atoms with van der Waals surface area (Å²) in [6, 6.07) is 9.35. The van der Waals surface area contributed by atoms with Gasteiger partial charge in [-0.05, 0) is 18.9 Å². The van der Waals surface area contributed by atoms with Gasteiger partial charge < -0.3 is 4.74 Å². The van der Waals surface area contributed by atoms with Gasteiger partial charge in [-0.15, -0.1) is 0 Å². The van der Waals surface area contributed by atoms with Crippen molar-refractivity contribution in [2.45, 2.75) is 70.9 Å². The molecule has 1 aromatic rings. The molecular weight excluding hydrogens is 290 g/mol. The van der Waals surface area contributed by atoms with E-state index < -0.39 is 6.09 Å². The molecule has 1 aromatic carbocycles. The number of cyclic esters (lactones) is 1. The first kappa shape index (κ1) is 17.5. The second kappa shape index (κ2) is 8.70. The van der Waals surface area contributed by atoms with E-state index in [2.05, 4.69) is 6.92 Å². The molecule has 2 atom stereocenters. The minimum absolute atomic E-state index is 0.114. The average molecular weight is 317 g/mol. The minimum atomic E-state index is -0.512. The highest BCUT2D eigenvalue weighted by atomic mass is 16.6. The molecule has 2 amide bonds. The van der Waals surface area contributed by atoms with Gasteiger partial charge in [0.1, 0.15) is 6.10 Å². The highest BCUT2D eigenvalue weighted by Crippen LogP contribution is 2.32. The summed E-state index contributed by atoms with van der Waals surface area (Å²) in [6.45, 7) is 4.06. The molecule has 126 valence electrons. The van der Waals surface area contributed by atoms with Gasteiger partial charge in [0, 0.05) is 6.42 Å². The fourth-order valence-electron chi connectivity index (χ4n) is 3.06. The maximum absolute atomic E-state index is 12.4. The highest BCUT2D eigenvalue weighted by Gasteiger charge is 2.42. The zero-order valence-corrected chi connectivity index (χ0v) is 14.2. The lowest BCUT2D eigenvalue weighted by atomic mass is 10.0. The van der Waals surface area contributed by atoms with Crippen LogP contribution < -0.4 is 0 Å². The summed E-state index contributed by atoms with van der Waals surface area (Å²) in [7, 11) is 0. The first-order chi connectivity index (χ1) is 11.1. The Morgan fingerprint density at radius 2 is 1.74 bits per heavy atom. The second-order valence-electron chi connectivity index (χ2n) is 6.24. The van der Waals surface area contributed by atoms with Crippen molar-refractivity contribution in [3.05, 3.63) is 35.9 Å². The molecule has 23 heavy (non-hydrogen) atoms. The van der Waals surface area contributed by atoms with Crippen LogP contribution in [0.5, 0.6) is 0 Å². The number of hydrogen-bond acceptors (Lipinski definition) is 3. The molecule has 0 aromatic heterocycles. The van der Waals surface area contributed by atoms with E-state index in [0.29, 0.717) is 6.42 Å². The molecule has 0 N–H and O–H groups in total. The normalized spacial score (nSPS) is 20.6. The van der Waals surface area contributed by atoms with Gasteiger partial charge >= 0.3 is 6.09 Å². The third-order valence-corrected chi connectivity index (χ3v) is 4.41. The number of rotatable bonds is 8. The summed E-state index contributed by atoms with van der Waals surface area (Å²) in [5.41, 5.74) is 0.934. The van der Waals surface area contributed by atoms with Gasteiger partial charge in [-0.2, -0.15) is 0 Å². The molecule has 0 aliphatic carbocycles. The van der Waals surface area contributed by atoms with Crippen molar-refractivity contribution in [1.29, 1.82) is 0 Å². The topological polar surface area (TPSA) is 46.6 Å². The fourth-order valence-corrected chi connectivity index (χ4v) is 3.06. The smallest absolute Gasteiger partial charge is 0.417 e. The van der Waals surface area contributed by atoms with Crippen molar-refractivity contribution in [1.82, 2.24) is 4.90 Å². The Morgan fingerprint density at radius 1 is 1.09 bits per heavy atom. The second-order valence-corrected chi connectivity index (χ2v) is 6.24. The van der Waals surface area contributed by atoms with Crippen molar-refractivity contribution >= 4 is 12.0 Å². The Morgan fingerprint density at radius 3 is 2.43 bits per heavy atom. The van der Waals surface area contributed by atoms with Gasteiger partial charge in [-0.25, -0.2) is 9.69 Å². The molecule has 0 saturated carbocycles. The molecule has 4 nitrogen and oxygen atoms in total. The maximum Gasteiger partial charge on any atom is 0.417 e. The summed E-state index contributed by atoms with van der Waals surface area (Å²) >= 11 is 0. The zero-order valence-electron chi connectivity index (χ0n) is 14.2. The molecule has 2 rings (SSSR count). The maximum atomic E-state index is 12.4. The van der Waals surface area contributed by atoms with E-state index >= 15 is 0 Å². The summed E-state index contributed by atoms with van der Waals surface area (Å²) in [5.74, 6) is -0.114. The molecule has 4 heteroatoms. The Bertz CT molecular complexity index is 515. The SMILES string of the molecule is CCCCCCCCC(=O)N1C(=O)O[C@@H](c2ccccc2)[C@H]1C. The van der Waals surface area contributed by atoms with Crippen LogP contribution in [0.3, 0.4) is 0 Å². The van der Waals surface area contributed by atoms with E-state index in [1.807, 2.05) is 37.3 Å². The van der Waals surface area contributed by atoms with Gasteiger partial charge in [-0.1, -0.05) is 69.4 Å². The van der Waals surface area contributed by atoms with Gasteiger partial charge in [0.15, 0.2) is 0 Å². The van der Waals surface area contributed by atoms with Crippen LogP contribution >= 0.6 is 0 Å². The molecule has 0 radical (unpaired) electrons. The molecule has 0 bridgehead atoms. The van der Waals surface area contributed by atoms with E-state index in [1.54, 1.807) is 0 Å². The number of carbonyl (C=O) groups excluding carboxylic acids is 2. The molecule has 1 aliphatic rings. The number of ether oxygens (including phenoxy) is 1. The number of unbranched alkanes of at least 4 members (excludes halogenated alkanes) is 5. The first-order valence-corrected chi connectivity index (χ1v) is 8.72. The minimum Gasteiger partial charge on any atom is -0.439 e. The number of amides is 2. The van der Waals surface area contributed by atoms with Crippen LogP contribution in [0.4, 0.5) is 4.79 Å². The van der Waals surface area contributed by atoms with Gasteiger partial charge in [-0.3, -0.25) is 4.79 Å². The van der Waals surface area contributed by atoms with Crippen LogP contribution in [0.15, 0.2) is 30.3 Å². The van der Waals surface area contributed by atoms with Crippen molar-refractivity contribution in [3.8, 4) is 0 Å². The lowest BCUT2D eigenvalue weighted by Gasteiger charge is -2.19. The third-order valence-electron chi connectivity index (χ3n) is 4.41. The van der Waals surface area contributed by atoms with Crippen LogP contribution in [-0.4, -0.2) is 22.9 Å². The van der Waals surface area contributed by atoms with E-state index in [-0.39, 0.29) is 18.1 Å². The number of imide groups is 1. The van der Waals surface area contributed by atoms with Crippen LogP contribution in [0, 0.1) is 0 Å². The van der Waals surface area contributed by atoms with Gasteiger partial charge in [0.25, 0.3) is 0 Å². The van der Waals surface area contributed by atoms with Crippen molar-refractivity contribution in [2.24, 2.45) is 0 Å². The number of hydrogen-bond donors (Lipinski definition) is 0. The average Bonchev–Trinajstić information content (AvgIpc) is 2.86. The van der Waals surface area contributed by atoms with E-state index in [4.69, 9.17) is 4.74 Å². The Labute approximate surface area is 138 Å². The zero-order chi connectivity index (χ0) is 16.7.